The maximum atomic E-state index is 5.61. The van der Waals surface area contributed by atoms with Crippen LogP contribution in [0.2, 0.25) is 0 Å². The van der Waals surface area contributed by atoms with Gasteiger partial charge < -0.3 is 5.73 Å². The topological polar surface area (TPSA) is 47.1 Å². The fraction of sp³-hybridized carbons (Fsp3) is 0.727. The van der Waals surface area contributed by atoms with Crippen molar-refractivity contribution < 1.29 is 0 Å². The van der Waals surface area contributed by atoms with Crippen LogP contribution in [0.4, 0.5) is 5.69 Å². The molecule has 0 unspecified atom stereocenters. The lowest BCUT2D eigenvalue weighted by molar-refractivity contribution is 0.210. The van der Waals surface area contributed by atoms with E-state index in [4.69, 9.17) is 5.73 Å². The van der Waals surface area contributed by atoms with Gasteiger partial charge in [0.1, 0.15) is 0 Å². The van der Waals surface area contributed by atoms with E-state index in [9.17, 15) is 0 Å². The average Bonchev–Trinajstić information content (AvgIpc) is 2.58. The second kappa shape index (κ2) is 5.75. The van der Waals surface area contributed by atoms with Gasteiger partial charge in [0.15, 0.2) is 0 Å². The zero-order valence-electron chi connectivity index (χ0n) is 9.98. The molecule has 0 spiro atoms. The Morgan fingerprint density at radius 2 is 2.20 bits per heavy atom. The first-order chi connectivity index (χ1) is 7.13. The second-order valence-corrected chi connectivity index (χ2v) is 4.17. The molecule has 0 atom stereocenters. The predicted molar refractivity (Wildman–Crippen MR) is 63.6 cm³/mol. The van der Waals surface area contributed by atoms with Crippen molar-refractivity contribution in [3.63, 3.8) is 0 Å². The summed E-state index contributed by atoms with van der Waals surface area (Å²) in [5.74, 6) is 0. The van der Waals surface area contributed by atoms with Crippen molar-refractivity contribution in [3.05, 3.63) is 12.4 Å². The zero-order valence-corrected chi connectivity index (χ0v) is 9.98. The maximum Gasteiger partial charge on any atom is 0.0719 e. The van der Waals surface area contributed by atoms with E-state index in [0.29, 0.717) is 6.04 Å². The molecule has 0 amide bonds. The molecule has 0 aliphatic heterocycles. The second-order valence-electron chi connectivity index (χ2n) is 4.17. The summed E-state index contributed by atoms with van der Waals surface area (Å²) in [4.78, 5) is 2.46. The largest absolute Gasteiger partial charge is 0.396 e. The van der Waals surface area contributed by atoms with Crippen LogP contribution < -0.4 is 5.73 Å². The SMILES string of the molecule is CCCN(CCn1cc(N)cn1)C(C)C. The van der Waals surface area contributed by atoms with Crippen molar-refractivity contribution in [1.82, 2.24) is 14.7 Å². The summed E-state index contributed by atoms with van der Waals surface area (Å²) in [5, 5.41) is 4.17. The van der Waals surface area contributed by atoms with Crippen LogP contribution in [0.25, 0.3) is 0 Å². The highest BCUT2D eigenvalue weighted by Gasteiger charge is 2.07. The van der Waals surface area contributed by atoms with E-state index in [0.717, 1.165) is 25.3 Å². The Kier molecular flexibility index (Phi) is 4.62. The Morgan fingerprint density at radius 1 is 1.47 bits per heavy atom. The number of nitrogens with zero attached hydrogens (tertiary/aromatic N) is 3. The minimum Gasteiger partial charge on any atom is -0.396 e. The molecule has 1 aromatic rings. The van der Waals surface area contributed by atoms with Crippen LogP contribution >= 0.6 is 0 Å². The van der Waals surface area contributed by atoms with Crippen LogP contribution in [0.5, 0.6) is 0 Å². The van der Waals surface area contributed by atoms with Gasteiger partial charge >= 0.3 is 0 Å². The summed E-state index contributed by atoms with van der Waals surface area (Å²) in [5.41, 5.74) is 6.34. The van der Waals surface area contributed by atoms with Crippen LogP contribution in [0.3, 0.4) is 0 Å². The van der Waals surface area contributed by atoms with E-state index in [1.165, 1.54) is 6.42 Å². The molecule has 1 rings (SSSR count). The number of nitrogen functional groups attached to an aromatic ring is 1. The molecule has 0 aliphatic rings. The Balaban J connectivity index is 2.39. The van der Waals surface area contributed by atoms with Gasteiger partial charge in [0.25, 0.3) is 0 Å². The molecule has 0 radical (unpaired) electrons. The van der Waals surface area contributed by atoms with Crippen molar-refractivity contribution in [2.24, 2.45) is 0 Å². The van der Waals surface area contributed by atoms with Gasteiger partial charge in [-0.1, -0.05) is 6.92 Å². The van der Waals surface area contributed by atoms with E-state index >= 15 is 0 Å². The molecule has 0 fully saturated rings. The van der Waals surface area contributed by atoms with E-state index in [2.05, 4.69) is 30.8 Å². The monoisotopic (exact) mass is 210 g/mol. The number of hydrogen-bond acceptors (Lipinski definition) is 3. The number of anilines is 1. The molecule has 0 saturated carbocycles. The predicted octanol–water partition coefficient (Wildman–Crippen LogP) is 1.59. The molecule has 2 N–H and O–H groups in total. The fourth-order valence-electron chi connectivity index (χ4n) is 1.65. The minimum absolute atomic E-state index is 0.595. The first-order valence-corrected chi connectivity index (χ1v) is 5.65. The number of nitrogens with two attached hydrogens (primary N) is 1. The standard InChI is InChI=1S/C11H22N4/c1-4-5-14(10(2)3)6-7-15-9-11(12)8-13-15/h8-10H,4-7,12H2,1-3H3. The quantitative estimate of drug-likeness (QED) is 0.775. The highest BCUT2D eigenvalue weighted by atomic mass is 15.3. The van der Waals surface area contributed by atoms with Crippen LogP contribution in [0, 0.1) is 0 Å². The number of aromatic nitrogens is 2. The van der Waals surface area contributed by atoms with Gasteiger partial charge in [-0.3, -0.25) is 9.58 Å². The summed E-state index contributed by atoms with van der Waals surface area (Å²) in [6, 6.07) is 0.595. The Labute approximate surface area is 92.1 Å². The number of rotatable bonds is 6. The lowest BCUT2D eigenvalue weighted by Crippen LogP contribution is -2.34. The van der Waals surface area contributed by atoms with Gasteiger partial charge in [0, 0.05) is 18.8 Å². The molecule has 0 bridgehead atoms. The molecule has 1 heterocycles. The van der Waals surface area contributed by atoms with E-state index in [1.54, 1.807) is 6.20 Å². The van der Waals surface area contributed by atoms with E-state index < -0.39 is 0 Å². The minimum atomic E-state index is 0.595. The van der Waals surface area contributed by atoms with E-state index in [1.807, 2.05) is 10.9 Å². The molecule has 0 aliphatic carbocycles. The van der Waals surface area contributed by atoms with Crippen LogP contribution in [-0.4, -0.2) is 33.8 Å². The highest BCUT2D eigenvalue weighted by molar-refractivity contribution is 5.30. The van der Waals surface area contributed by atoms with Crippen LogP contribution in [0.15, 0.2) is 12.4 Å². The van der Waals surface area contributed by atoms with Crippen LogP contribution in [0.1, 0.15) is 27.2 Å². The summed E-state index contributed by atoms with van der Waals surface area (Å²) >= 11 is 0. The summed E-state index contributed by atoms with van der Waals surface area (Å²) in [6.45, 7) is 9.76. The maximum absolute atomic E-state index is 5.61. The smallest absolute Gasteiger partial charge is 0.0719 e. The fourth-order valence-corrected chi connectivity index (χ4v) is 1.65. The molecule has 4 nitrogen and oxygen atoms in total. The molecule has 0 saturated heterocycles. The van der Waals surface area contributed by atoms with Gasteiger partial charge in [0.05, 0.1) is 18.4 Å². The summed E-state index contributed by atoms with van der Waals surface area (Å²) < 4.78 is 1.90. The van der Waals surface area contributed by atoms with Gasteiger partial charge in [-0.25, -0.2) is 0 Å². The average molecular weight is 210 g/mol. The Morgan fingerprint density at radius 3 is 2.67 bits per heavy atom. The lowest BCUT2D eigenvalue weighted by Gasteiger charge is -2.25. The normalized spacial score (nSPS) is 11.5. The third-order valence-corrected chi connectivity index (χ3v) is 2.51. The zero-order chi connectivity index (χ0) is 11.3. The molecule has 86 valence electrons. The molecule has 4 heteroatoms. The third kappa shape index (κ3) is 3.91. The van der Waals surface area contributed by atoms with Gasteiger partial charge in [0.2, 0.25) is 0 Å². The molecule has 15 heavy (non-hydrogen) atoms. The van der Waals surface area contributed by atoms with Gasteiger partial charge in [-0.2, -0.15) is 5.10 Å². The van der Waals surface area contributed by atoms with Crippen molar-refractivity contribution in [2.45, 2.75) is 39.8 Å². The molecular formula is C11H22N4. The van der Waals surface area contributed by atoms with E-state index in [-0.39, 0.29) is 0 Å². The summed E-state index contributed by atoms with van der Waals surface area (Å²) in [6.07, 6.45) is 4.77. The lowest BCUT2D eigenvalue weighted by atomic mass is 10.3. The molecule has 0 aromatic carbocycles. The van der Waals surface area contributed by atoms with Crippen molar-refractivity contribution >= 4 is 5.69 Å². The van der Waals surface area contributed by atoms with Crippen molar-refractivity contribution in [1.29, 1.82) is 0 Å². The Bertz CT molecular complexity index is 280. The van der Waals surface area contributed by atoms with Crippen molar-refractivity contribution in [3.8, 4) is 0 Å². The first-order valence-electron chi connectivity index (χ1n) is 5.65. The third-order valence-electron chi connectivity index (χ3n) is 2.51. The van der Waals surface area contributed by atoms with Gasteiger partial charge in [-0.05, 0) is 26.8 Å². The Hall–Kier alpha value is -1.03. The van der Waals surface area contributed by atoms with Crippen LogP contribution in [-0.2, 0) is 6.54 Å². The molecule has 1 aromatic heterocycles. The summed E-state index contributed by atoms with van der Waals surface area (Å²) in [7, 11) is 0. The first kappa shape index (κ1) is 12.0. The number of hydrogen-bond donors (Lipinski definition) is 1. The molecular weight excluding hydrogens is 188 g/mol. The van der Waals surface area contributed by atoms with Crippen molar-refractivity contribution in [2.75, 3.05) is 18.8 Å². The van der Waals surface area contributed by atoms with Gasteiger partial charge in [-0.15, -0.1) is 0 Å². The highest BCUT2D eigenvalue weighted by Crippen LogP contribution is 2.02.